The van der Waals surface area contributed by atoms with Crippen molar-refractivity contribution in [3.8, 4) is 0 Å². The van der Waals surface area contributed by atoms with E-state index in [0.717, 1.165) is 25.2 Å². The first-order chi connectivity index (χ1) is 10.5. The van der Waals surface area contributed by atoms with E-state index in [9.17, 15) is 14.4 Å². The molecule has 0 spiro atoms. The van der Waals surface area contributed by atoms with Crippen molar-refractivity contribution in [2.45, 2.75) is 19.8 Å². The molecule has 2 N–H and O–H groups in total. The van der Waals surface area contributed by atoms with Crippen molar-refractivity contribution in [1.82, 2.24) is 20.2 Å². The molecule has 0 unspecified atom stereocenters. The number of nitrogens with one attached hydrogen (secondary N) is 1. The Morgan fingerprint density at radius 1 is 1.23 bits per heavy atom. The van der Waals surface area contributed by atoms with E-state index in [2.05, 4.69) is 15.3 Å². The summed E-state index contributed by atoms with van der Waals surface area (Å²) in [5, 5.41) is 11.5. The quantitative estimate of drug-likeness (QED) is 0.819. The van der Waals surface area contributed by atoms with Crippen molar-refractivity contribution >= 4 is 17.8 Å². The van der Waals surface area contributed by atoms with Crippen LogP contribution in [0.4, 0.5) is 0 Å². The van der Waals surface area contributed by atoms with Crippen LogP contribution >= 0.6 is 0 Å². The standard InChI is InChI=1S/C14H18N4O4/c1-9(19)18-4-2-10(3-5-18)6-17-13(20)11-7-16-12(8-15-11)14(21)22/h7-8,10H,2-6H2,1H3,(H,17,20)(H,21,22). The molecule has 1 aromatic rings. The maximum absolute atomic E-state index is 11.9. The Kier molecular flexibility index (Phi) is 5.03. The van der Waals surface area contributed by atoms with Gasteiger partial charge >= 0.3 is 5.97 Å². The van der Waals surface area contributed by atoms with Crippen molar-refractivity contribution in [1.29, 1.82) is 0 Å². The van der Waals surface area contributed by atoms with Gasteiger partial charge in [-0.05, 0) is 18.8 Å². The van der Waals surface area contributed by atoms with Gasteiger partial charge in [0.25, 0.3) is 5.91 Å². The van der Waals surface area contributed by atoms with Crippen molar-refractivity contribution in [2.75, 3.05) is 19.6 Å². The Hall–Kier alpha value is -2.51. The molecule has 1 aliphatic rings. The highest BCUT2D eigenvalue weighted by atomic mass is 16.4. The summed E-state index contributed by atoms with van der Waals surface area (Å²) >= 11 is 0. The molecule has 2 rings (SSSR count). The summed E-state index contributed by atoms with van der Waals surface area (Å²) in [7, 11) is 0. The maximum atomic E-state index is 11.9. The average Bonchev–Trinajstić information content (AvgIpc) is 2.53. The highest BCUT2D eigenvalue weighted by Crippen LogP contribution is 2.16. The van der Waals surface area contributed by atoms with Crippen LogP contribution < -0.4 is 5.32 Å². The first kappa shape index (κ1) is 15.9. The molecule has 1 saturated heterocycles. The number of hydrogen-bond acceptors (Lipinski definition) is 5. The minimum Gasteiger partial charge on any atom is -0.476 e. The highest BCUT2D eigenvalue weighted by Gasteiger charge is 2.21. The lowest BCUT2D eigenvalue weighted by Crippen LogP contribution is -2.40. The van der Waals surface area contributed by atoms with Crippen molar-refractivity contribution in [3.05, 3.63) is 23.8 Å². The summed E-state index contributed by atoms with van der Waals surface area (Å²) in [6.45, 7) is 3.49. The topological polar surface area (TPSA) is 112 Å². The number of likely N-dealkylation sites (tertiary alicyclic amines) is 1. The lowest BCUT2D eigenvalue weighted by molar-refractivity contribution is -0.130. The molecule has 8 nitrogen and oxygen atoms in total. The van der Waals surface area contributed by atoms with Gasteiger partial charge in [0.1, 0.15) is 5.69 Å². The molecule has 0 radical (unpaired) electrons. The summed E-state index contributed by atoms with van der Waals surface area (Å²) < 4.78 is 0. The average molecular weight is 306 g/mol. The lowest BCUT2D eigenvalue weighted by Gasteiger charge is -2.31. The van der Waals surface area contributed by atoms with Crippen molar-refractivity contribution < 1.29 is 19.5 Å². The Labute approximate surface area is 127 Å². The molecule has 0 aromatic carbocycles. The number of aromatic nitrogens is 2. The first-order valence-electron chi connectivity index (χ1n) is 7.06. The summed E-state index contributed by atoms with van der Waals surface area (Å²) in [6, 6.07) is 0. The van der Waals surface area contributed by atoms with Gasteiger partial charge in [0.15, 0.2) is 5.69 Å². The fraction of sp³-hybridized carbons (Fsp3) is 0.500. The molecular formula is C14H18N4O4. The Balaban J connectivity index is 1.81. The third-order valence-electron chi connectivity index (χ3n) is 3.71. The Bertz CT molecular complexity index is 565. The molecule has 1 aromatic heterocycles. The Morgan fingerprint density at radius 3 is 2.32 bits per heavy atom. The van der Waals surface area contributed by atoms with Crippen LogP contribution in [0, 0.1) is 5.92 Å². The maximum Gasteiger partial charge on any atom is 0.356 e. The zero-order chi connectivity index (χ0) is 16.1. The highest BCUT2D eigenvalue weighted by molar-refractivity contribution is 5.92. The molecule has 2 heterocycles. The second-order valence-electron chi connectivity index (χ2n) is 5.25. The second-order valence-corrected chi connectivity index (χ2v) is 5.25. The predicted molar refractivity (Wildman–Crippen MR) is 76.3 cm³/mol. The number of carbonyl (C=O) groups excluding carboxylic acids is 2. The molecule has 22 heavy (non-hydrogen) atoms. The molecule has 118 valence electrons. The molecule has 0 saturated carbocycles. The molecule has 0 atom stereocenters. The van der Waals surface area contributed by atoms with E-state index in [1.54, 1.807) is 11.8 Å². The number of carboxylic acids is 1. The predicted octanol–water partition coefficient (Wildman–Crippen LogP) is 0.163. The molecule has 0 bridgehead atoms. The summed E-state index contributed by atoms with van der Waals surface area (Å²) in [5.41, 5.74) is -0.112. The van der Waals surface area contributed by atoms with Crippen LogP contribution in [-0.4, -0.2) is 57.4 Å². The number of carbonyl (C=O) groups is 3. The lowest BCUT2D eigenvalue weighted by atomic mass is 9.97. The number of aromatic carboxylic acids is 1. The van der Waals surface area contributed by atoms with E-state index in [4.69, 9.17) is 5.11 Å². The smallest absolute Gasteiger partial charge is 0.356 e. The van der Waals surface area contributed by atoms with E-state index in [1.807, 2.05) is 0 Å². The van der Waals surface area contributed by atoms with Gasteiger partial charge in [-0.15, -0.1) is 0 Å². The SMILES string of the molecule is CC(=O)N1CCC(CNC(=O)c2cnc(C(=O)O)cn2)CC1. The first-order valence-corrected chi connectivity index (χ1v) is 7.06. The molecule has 0 aliphatic carbocycles. The van der Waals surface area contributed by atoms with Gasteiger partial charge in [-0.3, -0.25) is 9.59 Å². The van der Waals surface area contributed by atoms with E-state index in [-0.39, 0.29) is 23.2 Å². The van der Waals surface area contributed by atoms with Gasteiger partial charge in [-0.25, -0.2) is 14.8 Å². The monoisotopic (exact) mass is 306 g/mol. The number of amides is 2. The van der Waals surface area contributed by atoms with E-state index in [1.165, 1.54) is 0 Å². The van der Waals surface area contributed by atoms with Crippen LogP contribution in [0.5, 0.6) is 0 Å². The third kappa shape index (κ3) is 4.00. The fourth-order valence-corrected chi connectivity index (χ4v) is 2.34. The van der Waals surface area contributed by atoms with Gasteiger partial charge in [0.05, 0.1) is 12.4 Å². The van der Waals surface area contributed by atoms with Gasteiger partial charge in [0, 0.05) is 26.6 Å². The van der Waals surface area contributed by atoms with Crippen molar-refractivity contribution in [2.24, 2.45) is 5.92 Å². The zero-order valence-electron chi connectivity index (χ0n) is 12.3. The Morgan fingerprint density at radius 2 is 1.82 bits per heavy atom. The molecule has 8 heteroatoms. The normalized spacial score (nSPS) is 15.4. The van der Waals surface area contributed by atoms with E-state index in [0.29, 0.717) is 25.6 Å². The fourth-order valence-electron chi connectivity index (χ4n) is 2.34. The van der Waals surface area contributed by atoms with Crippen LogP contribution in [0.1, 0.15) is 40.7 Å². The summed E-state index contributed by atoms with van der Waals surface area (Å²) in [6.07, 6.45) is 3.91. The number of carboxylic acid groups (broad SMARTS) is 1. The van der Waals surface area contributed by atoms with Gasteiger partial charge in [-0.2, -0.15) is 0 Å². The summed E-state index contributed by atoms with van der Waals surface area (Å²) in [5.74, 6) is -1.16. The van der Waals surface area contributed by atoms with E-state index >= 15 is 0 Å². The van der Waals surface area contributed by atoms with Crippen LogP contribution in [0.3, 0.4) is 0 Å². The molecule has 2 amide bonds. The van der Waals surface area contributed by atoms with Crippen LogP contribution in [0.25, 0.3) is 0 Å². The largest absolute Gasteiger partial charge is 0.476 e. The van der Waals surface area contributed by atoms with Crippen LogP contribution in [0.2, 0.25) is 0 Å². The number of piperidine rings is 1. The zero-order valence-corrected chi connectivity index (χ0v) is 12.3. The number of hydrogen-bond donors (Lipinski definition) is 2. The van der Waals surface area contributed by atoms with E-state index < -0.39 is 5.97 Å². The summed E-state index contributed by atoms with van der Waals surface area (Å²) in [4.78, 5) is 43.1. The van der Waals surface area contributed by atoms with Gasteiger partial charge in [-0.1, -0.05) is 0 Å². The molecule has 1 fully saturated rings. The molecular weight excluding hydrogens is 288 g/mol. The molecule has 1 aliphatic heterocycles. The number of nitrogens with zero attached hydrogens (tertiary/aromatic N) is 3. The second kappa shape index (κ2) is 6.97. The van der Waals surface area contributed by atoms with Crippen LogP contribution in [-0.2, 0) is 4.79 Å². The number of rotatable bonds is 4. The van der Waals surface area contributed by atoms with Gasteiger partial charge in [0.2, 0.25) is 5.91 Å². The minimum atomic E-state index is -1.18. The van der Waals surface area contributed by atoms with Crippen molar-refractivity contribution in [3.63, 3.8) is 0 Å². The third-order valence-corrected chi connectivity index (χ3v) is 3.71. The van der Waals surface area contributed by atoms with Gasteiger partial charge < -0.3 is 15.3 Å². The minimum absolute atomic E-state index is 0.0799. The van der Waals surface area contributed by atoms with Crippen LogP contribution in [0.15, 0.2) is 12.4 Å².